The van der Waals surface area contributed by atoms with E-state index >= 15 is 0 Å². The van der Waals surface area contributed by atoms with Gasteiger partial charge < -0.3 is 44.2 Å². The minimum absolute atomic E-state index is 0.0232. The van der Waals surface area contributed by atoms with Gasteiger partial charge in [0.05, 0.1) is 24.1 Å². The number of nitrogens with zero attached hydrogens (tertiary/aromatic N) is 2. The number of aliphatic hydroxyl groups is 2. The highest BCUT2D eigenvalue weighted by molar-refractivity contribution is 6.18. The standard InChI is InChI=1S/C38H56ClN3O9/c1-7-20-48-38-32(42(6)36(46)47-21-17-39)24-30(41-51-37(3,4)5)28-22-25(13-9-11-18-43)27(14-10-12-19-44)33(34(28)38)29-23-26(15-16-31(29)50-38)49-35(45)40-8-2/h7,15-16,22-23,25,27,32-34,43-44H,1,8-14,17-21,24H2,2-6H3,(H,40,45). The van der Waals surface area contributed by atoms with Crippen LogP contribution in [0.2, 0.25) is 0 Å². The summed E-state index contributed by atoms with van der Waals surface area (Å²) in [7, 11) is 1.66. The predicted octanol–water partition coefficient (Wildman–Crippen LogP) is 6.53. The minimum Gasteiger partial charge on any atom is -0.459 e. The molecule has 1 fully saturated rings. The molecule has 284 valence electrons. The Morgan fingerprint density at radius 1 is 1.18 bits per heavy atom. The molecule has 1 heterocycles. The van der Waals surface area contributed by atoms with Crippen LogP contribution in [0.3, 0.4) is 0 Å². The summed E-state index contributed by atoms with van der Waals surface area (Å²) in [5.41, 5.74) is 1.82. The number of nitrogens with one attached hydrogen (secondary N) is 1. The summed E-state index contributed by atoms with van der Waals surface area (Å²) >= 11 is 5.90. The van der Waals surface area contributed by atoms with Gasteiger partial charge in [-0.25, -0.2) is 9.59 Å². The molecule has 6 atom stereocenters. The van der Waals surface area contributed by atoms with Crippen molar-refractivity contribution < 1.29 is 43.6 Å². The smallest absolute Gasteiger partial charge is 0.412 e. The number of ether oxygens (including phenoxy) is 4. The first-order valence-electron chi connectivity index (χ1n) is 18.1. The van der Waals surface area contributed by atoms with Gasteiger partial charge >= 0.3 is 12.2 Å². The van der Waals surface area contributed by atoms with Gasteiger partial charge in [0.2, 0.25) is 5.79 Å². The Morgan fingerprint density at radius 2 is 1.90 bits per heavy atom. The number of oxime groups is 1. The topological polar surface area (TPSA) is 148 Å². The van der Waals surface area contributed by atoms with Crippen molar-refractivity contribution in [2.24, 2.45) is 22.9 Å². The number of benzene rings is 1. The lowest BCUT2D eigenvalue weighted by Crippen LogP contribution is -2.69. The van der Waals surface area contributed by atoms with Gasteiger partial charge in [-0.2, -0.15) is 0 Å². The molecule has 2 amide bonds. The monoisotopic (exact) mass is 733 g/mol. The second-order valence-electron chi connectivity index (χ2n) is 14.3. The van der Waals surface area contributed by atoms with Crippen LogP contribution in [-0.4, -0.2) is 96.3 Å². The maximum atomic E-state index is 13.6. The van der Waals surface area contributed by atoms with Gasteiger partial charge in [0.25, 0.3) is 0 Å². The van der Waals surface area contributed by atoms with Crippen LogP contribution in [0.4, 0.5) is 9.59 Å². The van der Waals surface area contributed by atoms with Crippen molar-refractivity contribution in [1.82, 2.24) is 10.2 Å². The Hall–Kier alpha value is -3.32. The van der Waals surface area contributed by atoms with E-state index in [0.29, 0.717) is 36.6 Å². The quantitative estimate of drug-likeness (QED) is 0.0703. The van der Waals surface area contributed by atoms with E-state index in [1.54, 1.807) is 25.3 Å². The summed E-state index contributed by atoms with van der Waals surface area (Å²) in [5.74, 6) is -1.04. The van der Waals surface area contributed by atoms with Crippen LogP contribution in [0.15, 0.2) is 47.7 Å². The fourth-order valence-electron chi connectivity index (χ4n) is 7.63. The summed E-state index contributed by atoms with van der Waals surface area (Å²) in [6, 6.07) is 4.62. The van der Waals surface area contributed by atoms with Crippen molar-refractivity contribution in [2.75, 3.05) is 45.9 Å². The van der Waals surface area contributed by atoms with Gasteiger partial charge in [-0.05, 0) is 89.0 Å². The molecule has 2 aliphatic carbocycles. The van der Waals surface area contributed by atoms with Gasteiger partial charge in [-0.3, -0.25) is 0 Å². The summed E-state index contributed by atoms with van der Waals surface area (Å²) in [4.78, 5) is 33.7. The third-order valence-corrected chi connectivity index (χ3v) is 9.82. The van der Waals surface area contributed by atoms with Crippen LogP contribution in [0, 0.1) is 17.8 Å². The largest absolute Gasteiger partial charge is 0.459 e. The Kier molecular flexibility index (Phi) is 14.6. The van der Waals surface area contributed by atoms with Crippen molar-refractivity contribution in [3.63, 3.8) is 0 Å². The van der Waals surface area contributed by atoms with Gasteiger partial charge in [0, 0.05) is 44.7 Å². The van der Waals surface area contributed by atoms with E-state index in [1.165, 1.54) is 4.90 Å². The molecule has 13 heteroatoms. The summed E-state index contributed by atoms with van der Waals surface area (Å²) in [5, 5.41) is 26.9. The third-order valence-electron chi connectivity index (χ3n) is 9.66. The molecular formula is C38H56ClN3O9. The first kappa shape index (κ1) is 40.5. The number of carbonyl (C=O) groups excluding carboxylic acids is 2. The Labute approximate surface area is 307 Å². The lowest BCUT2D eigenvalue weighted by Gasteiger charge is -2.59. The van der Waals surface area contributed by atoms with E-state index in [4.69, 9.17) is 40.5 Å². The lowest BCUT2D eigenvalue weighted by atomic mass is 9.55. The average molecular weight is 734 g/mol. The highest BCUT2D eigenvalue weighted by Crippen LogP contribution is 2.61. The molecule has 0 spiro atoms. The van der Waals surface area contributed by atoms with Crippen molar-refractivity contribution >= 4 is 29.5 Å². The van der Waals surface area contributed by atoms with Gasteiger partial charge in [-0.1, -0.05) is 30.1 Å². The summed E-state index contributed by atoms with van der Waals surface area (Å²) in [6.07, 6.45) is 7.49. The number of fused-ring (bicyclic) bond motifs is 2. The molecule has 6 unspecified atom stereocenters. The van der Waals surface area contributed by atoms with E-state index in [0.717, 1.165) is 36.8 Å². The molecule has 1 aromatic carbocycles. The van der Waals surface area contributed by atoms with Crippen LogP contribution in [-0.2, 0) is 14.3 Å². The number of alkyl halides is 1. The molecule has 51 heavy (non-hydrogen) atoms. The molecule has 12 nitrogen and oxygen atoms in total. The Bertz CT molecular complexity index is 1410. The molecule has 3 N–H and O–H groups in total. The Balaban J connectivity index is 2.02. The fraction of sp³-hybridized carbons (Fsp3) is 0.658. The molecule has 3 aliphatic rings. The second kappa shape index (κ2) is 18.4. The van der Waals surface area contributed by atoms with E-state index in [2.05, 4.69) is 18.0 Å². The van der Waals surface area contributed by atoms with Gasteiger partial charge in [-0.15, -0.1) is 18.2 Å². The first-order valence-corrected chi connectivity index (χ1v) is 18.7. The molecule has 0 saturated heterocycles. The van der Waals surface area contributed by atoms with E-state index in [1.807, 2.05) is 33.8 Å². The minimum atomic E-state index is -1.42. The number of hydrogen-bond donors (Lipinski definition) is 3. The van der Waals surface area contributed by atoms with Crippen molar-refractivity contribution in [1.29, 1.82) is 0 Å². The molecular weight excluding hydrogens is 678 g/mol. The number of aliphatic hydroxyl groups excluding tert-OH is 2. The summed E-state index contributed by atoms with van der Waals surface area (Å²) < 4.78 is 25.1. The van der Waals surface area contributed by atoms with E-state index in [9.17, 15) is 19.8 Å². The molecule has 0 aromatic heterocycles. The van der Waals surface area contributed by atoms with Crippen molar-refractivity contribution in [3.05, 3.63) is 48.1 Å². The normalized spacial score (nSPS) is 25.8. The average Bonchev–Trinajstić information content (AvgIpc) is 3.09. The van der Waals surface area contributed by atoms with E-state index in [-0.39, 0.29) is 56.5 Å². The zero-order valence-corrected chi connectivity index (χ0v) is 31.5. The van der Waals surface area contributed by atoms with Crippen molar-refractivity contribution in [3.8, 4) is 11.5 Å². The number of amides is 2. The number of halogens is 1. The zero-order chi connectivity index (χ0) is 37.2. The number of likely N-dealkylation sites (N-methyl/N-ethyl adjacent to an activating group) is 1. The molecule has 4 rings (SSSR count). The molecule has 0 radical (unpaired) electrons. The third kappa shape index (κ3) is 9.57. The van der Waals surface area contributed by atoms with Gasteiger partial charge in [0.1, 0.15) is 29.7 Å². The van der Waals surface area contributed by atoms with Crippen molar-refractivity contribution in [2.45, 2.75) is 96.0 Å². The van der Waals surface area contributed by atoms with Crippen LogP contribution < -0.4 is 14.8 Å². The summed E-state index contributed by atoms with van der Waals surface area (Å²) in [6.45, 7) is 12.3. The lowest BCUT2D eigenvalue weighted by molar-refractivity contribution is -0.253. The molecule has 1 aromatic rings. The number of rotatable bonds is 17. The highest BCUT2D eigenvalue weighted by Gasteiger charge is 2.65. The van der Waals surface area contributed by atoms with Crippen LogP contribution >= 0.6 is 11.6 Å². The highest BCUT2D eigenvalue weighted by atomic mass is 35.5. The number of unbranched alkanes of at least 4 members (excludes halogenated alkanes) is 2. The Morgan fingerprint density at radius 3 is 2.55 bits per heavy atom. The van der Waals surface area contributed by atoms with Gasteiger partial charge in [0.15, 0.2) is 0 Å². The van der Waals surface area contributed by atoms with Crippen LogP contribution in [0.5, 0.6) is 11.5 Å². The molecule has 1 saturated carbocycles. The first-order chi connectivity index (χ1) is 24.4. The number of carbonyl (C=O) groups is 2. The number of allylic oxidation sites excluding steroid dienone is 1. The maximum Gasteiger partial charge on any atom is 0.412 e. The zero-order valence-electron chi connectivity index (χ0n) is 30.7. The number of hydrogen-bond acceptors (Lipinski definition) is 10. The van der Waals surface area contributed by atoms with Crippen LogP contribution in [0.1, 0.15) is 84.1 Å². The maximum absolute atomic E-state index is 13.6. The second-order valence-corrected chi connectivity index (χ2v) is 14.7. The SMILES string of the molecule is C=CCOC12Oc3ccc(OC(=O)NCC)cc3C3C(CCCCO)C(CCCCO)C=C(C(=NOC(C)(C)C)CC1N(C)C(=O)OCCCl)C32. The van der Waals surface area contributed by atoms with Crippen LogP contribution in [0.25, 0.3) is 0 Å². The predicted molar refractivity (Wildman–Crippen MR) is 195 cm³/mol. The molecule has 0 bridgehead atoms. The fourth-order valence-corrected chi connectivity index (χ4v) is 7.70. The molecule has 1 aliphatic heterocycles. The van der Waals surface area contributed by atoms with E-state index < -0.39 is 35.5 Å².